The maximum atomic E-state index is 13.3. The number of benzene rings is 2. The van der Waals surface area contributed by atoms with Crippen LogP contribution < -0.4 is 20.7 Å². The number of pyridine rings is 1. The van der Waals surface area contributed by atoms with Crippen molar-refractivity contribution < 1.29 is 13.9 Å². The molecule has 9 heteroatoms. The fraction of sp³-hybridized carbons (Fsp3) is 0.333. The molecule has 0 radical (unpaired) electrons. The number of amides is 1. The molecule has 0 unspecified atom stereocenters. The van der Waals surface area contributed by atoms with E-state index in [0.29, 0.717) is 35.4 Å². The van der Waals surface area contributed by atoms with Crippen molar-refractivity contribution in [3.8, 4) is 22.9 Å². The van der Waals surface area contributed by atoms with Crippen molar-refractivity contribution in [1.29, 1.82) is 0 Å². The molecule has 2 aliphatic rings. The van der Waals surface area contributed by atoms with Gasteiger partial charge in [0.25, 0.3) is 0 Å². The quantitative estimate of drug-likeness (QED) is 0.273. The predicted octanol–water partition coefficient (Wildman–Crippen LogP) is 5.64. The second kappa shape index (κ2) is 10.9. The monoisotopic (exact) mass is 526 g/mol. The second-order valence-corrected chi connectivity index (χ2v) is 10.3. The Bertz CT molecular complexity index is 1510. The van der Waals surface area contributed by atoms with Crippen LogP contribution in [0.4, 0.5) is 16.0 Å². The summed E-state index contributed by atoms with van der Waals surface area (Å²) in [5.41, 5.74) is 3.05. The van der Waals surface area contributed by atoms with Crippen LogP contribution >= 0.6 is 0 Å². The smallest absolute Gasteiger partial charge is 0.228 e. The molecule has 2 aromatic carbocycles. The molecule has 1 aliphatic carbocycles. The van der Waals surface area contributed by atoms with Gasteiger partial charge in [-0.05, 0) is 62.6 Å². The Morgan fingerprint density at radius 1 is 1.10 bits per heavy atom. The number of alkyl halides is 1. The molecule has 3 heterocycles. The maximum absolute atomic E-state index is 13.3. The Hall–Kier alpha value is -4.11. The van der Waals surface area contributed by atoms with Crippen LogP contribution in [0.2, 0.25) is 0 Å². The van der Waals surface area contributed by atoms with Gasteiger partial charge in [0, 0.05) is 53.8 Å². The first kappa shape index (κ1) is 25.2. The highest BCUT2D eigenvalue weighted by molar-refractivity contribution is 6.04. The Morgan fingerprint density at radius 2 is 2.00 bits per heavy atom. The number of hydrogen-bond donors (Lipinski definition) is 3. The average Bonchev–Trinajstić information content (AvgIpc) is 3.65. The predicted molar refractivity (Wildman–Crippen MR) is 150 cm³/mol. The van der Waals surface area contributed by atoms with Gasteiger partial charge >= 0.3 is 0 Å². The molecule has 1 saturated heterocycles. The van der Waals surface area contributed by atoms with Crippen LogP contribution in [0.5, 0.6) is 11.6 Å². The fourth-order valence-corrected chi connectivity index (χ4v) is 5.04. The highest BCUT2D eigenvalue weighted by atomic mass is 19.1. The first-order valence-electron chi connectivity index (χ1n) is 13.4. The number of hydrogen-bond acceptors (Lipinski definition) is 7. The zero-order valence-corrected chi connectivity index (χ0v) is 21.8. The van der Waals surface area contributed by atoms with Gasteiger partial charge in [0.05, 0.1) is 11.3 Å². The van der Waals surface area contributed by atoms with Crippen molar-refractivity contribution in [3.05, 3.63) is 66.5 Å². The summed E-state index contributed by atoms with van der Waals surface area (Å²) in [5, 5.41) is 11.5. The summed E-state index contributed by atoms with van der Waals surface area (Å²) >= 11 is 0. The molecule has 1 aliphatic heterocycles. The molecule has 200 valence electrons. The molecular weight excluding hydrogens is 495 g/mol. The zero-order chi connectivity index (χ0) is 26.8. The van der Waals surface area contributed by atoms with E-state index in [1.54, 1.807) is 12.4 Å². The summed E-state index contributed by atoms with van der Waals surface area (Å²) in [6.07, 6.45) is 5.42. The minimum Gasteiger partial charge on any atom is -0.437 e. The number of nitrogens with one attached hydrogen (secondary N) is 3. The summed E-state index contributed by atoms with van der Waals surface area (Å²) in [6, 6.07) is 15.5. The van der Waals surface area contributed by atoms with Crippen molar-refractivity contribution in [2.24, 2.45) is 5.92 Å². The van der Waals surface area contributed by atoms with Crippen LogP contribution in [0.3, 0.4) is 0 Å². The number of anilines is 2. The van der Waals surface area contributed by atoms with Gasteiger partial charge in [-0.15, -0.1) is 0 Å². The molecule has 1 saturated carbocycles. The topological polar surface area (TPSA) is 101 Å². The number of rotatable bonds is 8. The van der Waals surface area contributed by atoms with Gasteiger partial charge in [0.1, 0.15) is 11.9 Å². The first-order valence-corrected chi connectivity index (χ1v) is 13.4. The maximum Gasteiger partial charge on any atom is 0.228 e. The van der Waals surface area contributed by atoms with Gasteiger partial charge in [0.2, 0.25) is 17.7 Å². The van der Waals surface area contributed by atoms with Gasteiger partial charge in [0.15, 0.2) is 0 Å². The summed E-state index contributed by atoms with van der Waals surface area (Å²) in [7, 11) is 0. The van der Waals surface area contributed by atoms with Crippen molar-refractivity contribution >= 4 is 28.3 Å². The number of ether oxygens (including phenoxy) is 1. The second-order valence-electron chi connectivity index (χ2n) is 10.3. The van der Waals surface area contributed by atoms with E-state index in [9.17, 15) is 9.18 Å². The van der Waals surface area contributed by atoms with E-state index in [1.807, 2.05) is 55.5 Å². The van der Waals surface area contributed by atoms with Crippen LogP contribution in [-0.4, -0.2) is 46.2 Å². The van der Waals surface area contributed by atoms with Gasteiger partial charge in [-0.3, -0.25) is 4.79 Å². The van der Waals surface area contributed by atoms with Crippen LogP contribution in [0, 0.1) is 12.8 Å². The van der Waals surface area contributed by atoms with E-state index in [0.717, 1.165) is 47.8 Å². The molecule has 0 spiro atoms. The number of nitrogens with zero attached hydrogens (tertiary/aromatic N) is 3. The number of piperidine rings is 1. The number of halogens is 1. The third kappa shape index (κ3) is 5.68. The minimum atomic E-state index is -0.857. The number of aromatic nitrogens is 3. The SMILES string of the molecule is Cc1ccc2c(NC(=O)C[C@H]3C[C@@H]3F)cccc2c1Oc1ncccc1-c1ccnc(N[C@H]2CCCNC2)n1. The lowest BCUT2D eigenvalue weighted by molar-refractivity contribution is -0.116. The highest BCUT2D eigenvalue weighted by Crippen LogP contribution is 2.40. The van der Waals surface area contributed by atoms with Crippen LogP contribution in [0.25, 0.3) is 22.0 Å². The van der Waals surface area contributed by atoms with E-state index in [4.69, 9.17) is 9.72 Å². The minimum absolute atomic E-state index is 0.166. The third-order valence-electron chi connectivity index (χ3n) is 7.30. The zero-order valence-electron chi connectivity index (χ0n) is 21.8. The van der Waals surface area contributed by atoms with Crippen LogP contribution in [0.1, 0.15) is 31.2 Å². The van der Waals surface area contributed by atoms with E-state index >= 15 is 0 Å². The Kier molecular flexibility index (Phi) is 7.06. The summed E-state index contributed by atoms with van der Waals surface area (Å²) in [5.74, 6) is 1.30. The van der Waals surface area contributed by atoms with Crippen LogP contribution in [0.15, 0.2) is 60.9 Å². The van der Waals surface area contributed by atoms with Crippen molar-refractivity contribution in [2.75, 3.05) is 23.7 Å². The fourth-order valence-electron chi connectivity index (χ4n) is 5.04. The largest absolute Gasteiger partial charge is 0.437 e. The lowest BCUT2D eigenvalue weighted by atomic mass is 10.0. The lowest BCUT2D eigenvalue weighted by Crippen LogP contribution is -2.38. The van der Waals surface area contributed by atoms with Crippen LogP contribution in [-0.2, 0) is 4.79 Å². The molecule has 3 N–H and O–H groups in total. The van der Waals surface area contributed by atoms with Gasteiger partial charge in [-0.2, -0.15) is 0 Å². The molecule has 6 rings (SSSR count). The molecule has 4 aromatic rings. The Balaban J connectivity index is 1.29. The van der Waals surface area contributed by atoms with Crippen molar-refractivity contribution in [3.63, 3.8) is 0 Å². The molecule has 2 fully saturated rings. The highest BCUT2D eigenvalue weighted by Gasteiger charge is 2.38. The molecule has 3 atom stereocenters. The van der Waals surface area contributed by atoms with E-state index in [-0.39, 0.29) is 24.3 Å². The van der Waals surface area contributed by atoms with Crippen molar-refractivity contribution in [1.82, 2.24) is 20.3 Å². The number of carbonyl (C=O) groups is 1. The number of fused-ring (bicyclic) bond motifs is 1. The van der Waals surface area contributed by atoms with Gasteiger partial charge in [-0.1, -0.05) is 24.3 Å². The lowest BCUT2D eigenvalue weighted by Gasteiger charge is -2.23. The summed E-state index contributed by atoms with van der Waals surface area (Å²) in [4.78, 5) is 26.2. The number of carbonyl (C=O) groups excluding carboxylic acids is 1. The van der Waals surface area contributed by atoms with E-state index in [1.165, 1.54) is 0 Å². The molecule has 1 amide bonds. The van der Waals surface area contributed by atoms with Gasteiger partial charge in [-0.25, -0.2) is 19.3 Å². The summed E-state index contributed by atoms with van der Waals surface area (Å²) < 4.78 is 19.8. The molecule has 2 aromatic heterocycles. The molecular formula is C30H31FN6O2. The van der Waals surface area contributed by atoms with E-state index < -0.39 is 6.17 Å². The molecule has 39 heavy (non-hydrogen) atoms. The normalized spacial score (nSPS) is 20.4. The van der Waals surface area contributed by atoms with Gasteiger partial charge < -0.3 is 20.7 Å². The standard InChI is InChI=1S/C30H31FN6O2/c1-18-9-10-21-22(6-2-8-25(21)36-27(38)16-19-15-24(19)31)28(18)39-29-23(7-4-13-33-29)26-11-14-34-30(37-26)35-20-5-3-12-32-17-20/h2,4,6-11,13-14,19-20,24,32H,3,5,12,15-17H2,1H3,(H,36,38)(H,34,35,37)/t19-,20+,24+/m1/s1. The Morgan fingerprint density at radius 3 is 2.82 bits per heavy atom. The first-order chi connectivity index (χ1) is 19.0. The molecule has 0 bridgehead atoms. The Labute approximate surface area is 226 Å². The number of aryl methyl sites for hydroxylation is 1. The molecule has 8 nitrogen and oxygen atoms in total. The summed E-state index contributed by atoms with van der Waals surface area (Å²) in [6.45, 7) is 3.90. The average molecular weight is 527 g/mol. The van der Waals surface area contributed by atoms with Crippen molar-refractivity contribution in [2.45, 2.75) is 44.8 Å². The van der Waals surface area contributed by atoms with E-state index in [2.05, 4.69) is 25.9 Å². The third-order valence-corrected chi connectivity index (χ3v) is 7.30.